The van der Waals surface area contributed by atoms with Gasteiger partial charge in [-0.05, 0) is 79.5 Å². The Bertz CT molecular complexity index is 2220. The molecule has 2 saturated heterocycles. The number of carbonyl (C=O) groups is 4. The molecule has 17 heteroatoms. The highest BCUT2D eigenvalue weighted by Gasteiger charge is 2.40. The van der Waals surface area contributed by atoms with E-state index < -0.39 is 18.2 Å². The molecule has 3 aromatic heterocycles. The van der Waals surface area contributed by atoms with Gasteiger partial charge in [0.25, 0.3) is 0 Å². The molecular weight excluding hydrogens is 745 g/mol. The number of methoxy groups -OCH3 is 2. The molecule has 0 spiro atoms. The lowest BCUT2D eigenvalue weighted by molar-refractivity contribution is -0.136. The van der Waals surface area contributed by atoms with Gasteiger partial charge in [-0.3, -0.25) is 9.59 Å². The molecule has 0 bridgehead atoms. The Labute approximate surface area is 335 Å². The second kappa shape index (κ2) is 18.7. The Balaban J connectivity index is 0.948. The quantitative estimate of drug-likeness (QED) is 0.0972. The number of nitrogens with one attached hydrogen (secondary N) is 5. The Morgan fingerprint density at radius 2 is 1.55 bits per heavy atom. The first kappa shape index (κ1) is 39.9. The predicted octanol–water partition coefficient (Wildman–Crippen LogP) is 4.69. The summed E-state index contributed by atoms with van der Waals surface area (Å²) in [7, 11) is 2.55. The van der Waals surface area contributed by atoms with E-state index >= 15 is 0 Å². The molecule has 5 aromatic rings. The molecule has 5 heterocycles. The Morgan fingerprint density at radius 3 is 2.31 bits per heavy atom. The summed E-state index contributed by atoms with van der Waals surface area (Å²) in [5, 5.41) is 19.1. The number of imidazole rings is 2. The van der Waals surface area contributed by atoms with Gasteiger partial charge in [-0.25, -0.2) is 19.6 Å². The highest BCUT2D eigenvalue weighted by atomic mass is 16.5. The number of ether oxygens (including phenoxy) is 3. The largest absolute Gasteiger partial charge is 0.453 e. The number of unbranched alkanes of at least 4 members (excludes halogenated alkanes) is 1. The van der Waals surface area contributed by atoms with Crippen LogP contribution in [0, 0.1) is 5.92 Å². The summed E-state index contributed by atoms with van der Waals surface area (Å²) in [5.74, 6) is 1.10. The van der Waals surface area contributed by atoms with Gasteiger partial charge in [-0.15, -0.1) is 10.2 Å². The highest BCUT2D eigenvalue weighted by Crippen LogP contribution is 2.34. The number of amides is 4. The first-order valence-electron chi connectivity index (χ1n) is 19.6. The number of hydrogen-bond acceptors (Lipinski definition) is 11. The minimum Gasteiger partial charge on any atom is -0.453 e. The van der Waals surface area contributed by atoms with Gasteiger partial charge in [0.1, 0.15) is 23.4 Å². The number of fused-ring (bicyclic) bond motifs is 1. The van der Waals surface area contributed by atoms with Crippen molar-refractivity contribution >= 4 is 34.8 Å². The number of likely N-dealkylation sites (tertiary alicyclic amines) is 1. The monoisotopic (exact) mass is 792 g/mol. The minimum atomic E-state index is -0.700. The van der Waals surface area contributed by atoms with E-state index in [0.717, 1.165) is 71.2 Å². The van der Waals surface area contributed by atoms with Gasteiger partial charge in [0, 0.05) is 43.9 Å². The molecule has 2 aliphatic rings. The van der Waals surface area contributed by atoms with Crippen molar-refractivity contribution in [2.45, 2.75) is 57.0 Å². The van der Waals surface area contributed by atoms with Gasteiger partial charge in [0.2, 0.25) is 11.8 Å². The van der Waals surface area contributed by atoms with Gasteiger partial charge < -0.3 is 45.0 Å². The number of alkyl carbamates (subject to hydrolysis) is 2. The molecule has 2 fully saturated rings. The smallest absolute Gasteiger partial charge is 0.407 e. The number of aryl methyl sites for hydroxylation is 1. The average molecular weight is 793 g/mol. The van der Waals surface area contributed by atoms with Crippen LogP contribution in [0.1, 0.15) is 56.2 Å². The van der Waals surface area contributed by atoms with Crippen LogP contribution in [-0.4, -0.2) is 112 Å². The maximum absolute atomic E-state index is 13.9. The number of hydrogen-bond donors (Lipinski definition) is 5. The van der Waals surface area contributed by atoms with Crippen LogP contribution in [0.3, 0.4) is 0 Å². The lowest BCUT2D eigenvalue weighted by Crippen LogP contribution is -2.53. The van der Waals surface area contributed by atoms with Crippen molar-refractivity contribution in [1.82, 2.24) is 51.0 Å². The Kier molecular flexibility index (Phi) is 12.9. The second-order valence-electron chi connectivity index (χ2n) is 14.4. The third-order valence-electron chi connectivity index (χ3n) is 10.7. The first-order chi connectivity index (χ1) is 28.3. The molecule has 4 amide bonds. The van der Waals surface area contributed by atoms with Crippen LogP contribution < -0.4 is 16.0 Å². The summed E-state index contributed by atoms with van der Waals surface area (Å²) in [4.78, 5) is 66.8. The molecule has 0 aliphatic carbocycles. The van der Waals surface area contributed by atoms with Gasteiger partial charge in [0.05, 0.1) is 56.3 Å². The van der Waals surface area contributed by atoms with Gasteiger partial charge in [0.15, 0.2) is 0 Å². The van der Waals surface area contributed by atoms with Crippen LogP contribution in [0.25, 0.3) is 44.7 Å². The molecular formula is C41H48N10O7. The fraction of sp³-hybridized carbons (Fsp3) is 0.415. The summed E-state index contributed by atoms with van der Waals surface area (Å²) in [6.07, 6.45) is 7.58. The van der Waals surface area contributed by atoms with E-state index in [4.69, 9.17) is 9.47 Å². The predicted molar refractivity (Wildman–Crippen MR) is 213 cm³/mol. The van der Waals surface area contributed by atoms with Gasteiger partial charge in [-0.2, -0.15) is 0 Å². The van der Waals surface area contributed by atoms with Gasteiger partial charge in [-0.1, -0.05) is 24.3 Å². The molecule has 17 nitrogen and oxygen atoms in total. The molecule has 304 valence electrons. The van der Waals surface area contributed by atoms with Gasteiger partial charge >= 0.3 is 12.2 Å². The van der Waals surface area contributed by atoms with Crippen LogP contribution in [-0.2, 0) is 30.2 Å². The third-order valence-corrected chi connectivity index (χ3v) is 10.7. The molecule has 7 rings (SSSR count). The molecule has 5 N–H and O–H groups in total. The lowest BCUT2D eigenvalue weighted by Gasteiger charge is -2.34. The van der Waals surface area contributed by atoms with Crippen LogP contribution >= 0.6 is 0 Å². The zero-order valence-corrected chi connectivity index (χ0v) is 32.6. The maximum atomic E-state index is 13.9. The Morgan fingerprint density at radius 1 is 0.828 bits per heavy atom. The maximum Gasteiger partial charge on any atom is 0.407 e. The molecule has 2 aromatic carbocycles. The number of rotatable bonds is 14. The summed E-state index contributed by atoms with van der Waals surface area (Å²) in [6.45, 7) is 2.05. The van der Waals surface area contributed by atoms with Crippen molar-refractivity contribution in [1.29, 1.82) is 0 Å². The third kappa shape index (κ3) is 9.59. The molecule has 2 atom stereocenters. The number of H-pyrrole nitrogens is 2. The minimum absolute atomic E-state index is 0.0395. The molecule has 58 heavy (non-hydrogen) atoms. The first-order valence-corrected chi connectivity index (χ1v) is 19.6. The van der Waals surface area contributed by atoms with E-state index in [1.165, 1.54) is 14.2 Å². The summed E-state index contributed by atoms with van der Waals surface area (Å²) >= 11 is 0. The lowest BCUT2D eigenvalue weighted by atomic mass is 9.90. The zero-order valence-electron chi connectivity index (χ0n) is 32.6. The molecule has 0 saturated carbocycles. The van der Waals surface area contributed by atoms with Crippen molar-refractivity contribution in [3.63, 3.8) is 0 Å². The number of carbonyl (C=O) groups excluding carboxylic acids is 4. The van der Waals surface area contributed by atoms with Crippen molar-refractivity contribution in [2.24, 2.45) is 5.92 Å². The summed E-state index contributed by atoms with van der Waals surface area (Å²) in [5.41, 5.74) is 4.94. The summed E-state index contributed by atoms with van der Waals surface area (Å²) < 4.78 is 14.8. The van der Waals surface area contributed by atoms with E-state index in [1.807, 2.05) is 29.3 Å². The zero-order chi connectivity index (χ0) is 40.4. The fourth-order valence-corrected chi connectivity index (χ4v) is 7.52. The molecule has 0 radical (unpaired) electrons. The van der Waals surface area contributed by atoms with Crippen molar-refractivity contribution in [3.05, 3.63) is 72.6 Å². The van der Waals surface area contributed by atoms with Crippen LogP contribution in [0.15, 0.2) is 60.9 Å². The summed E-state index contributed by atoms with van der Waals surface area (Å²) in [6, 6.07) is 15.3. The Hall–Kier alpha value is -6.36. The average Bonchev–Trinajstić information content (AvgIpc) is 4.06. The van der Waals surface area contributed by atoms with Crippen molar-refractivity contribution in [3.8, 4) is 33.9 Å². The topological polar surface area (TPSA) is 218 Å². The molecule has 2 unspecified atom stereocenters. The van der Waals surface area contributed by atoms with E-state index in [1.54, 1.807) is 6.20 Å². The second-order valence-corrected chi connectivity index (χ2v) is 14.4. The molecule has 2 aliphatic heterocycles. The van der Waals surface area contributed by atoms with E-state index in [9.17, 15) is 19.2 Å². The highest BCUT2D eigenvalue weighted by molar-refractivity contribution is 5.90. The van der Waals surface area contributed by atoms with E-state index in [2.05, 4.69) is 81.2 Å². The van der Waals surface area contributed by atoms with Crippen LogP contribution in [0.2, 0.25) is 0 Å². The van der Waals surface area contributed by atoms with Crippen LogP contribution in [0.4, 0.5) is 9.59 Å². The van der Waals surface area contributed by atoms with E-state index in [0.29, 0.717) is 56.4 Å². The van der Waals surface area contributed by atoms with Crippen molar-refractivity contribution in [2.75, 3.05) is 47.1 Å². The van der Waals surface area contributed by atoms with Crippen molar-refractivity contribution < 1.29 is 33.4 Å². The number of aromatic amines is 2. The normalized spacial score (nSPS) is 16.2. The number of nitrogens with zero attached hydrogens (tertiary/aromatic N) is 5. The standard InChI is InChI=1S/C41H48N10O7/c1-56-40(54)45-24-36(52)42-16-4-3-7-35-43-22-32(46-35)29-11-9-26-20-28(10-8-27(26)21-29)30-12-13-31(50-49-30)33-23-44-38(47-33)34-6-5-17-51(34)39(53)37(48-41(55)57-2)25-14-18-58-19-15-25/h8-13,20-23,25,34,37H,3-7,14-19,24H2,1-2H3,(H,42,52)(H,43,46)(H,44,47)(H,45,54)(H,48,55). The number of benzene rings is 2. The van der Waals surface area contributed by atoms with Crippen LogP contribution in [0.5, 0.6) is 0 Å². The SMILES string of the molecule is COC(=O)NCC(=O)NCCCCc1ncc(-c2ccc3cc(-c4ccc(-c5cnc(C6CCCN6C(=O)C(NC(=O)OC)C6CCOCC6)[nH]5)nn4)ccc3c2)[nH]1. The fourth-order valence-electron chi connectivity index (χ4n) is 7.52. The number of aromatic nitrogens is 6. The van der Waals surface area contributed by atoms with E-state index in [-0.39, 0.29) is 30.3 Å².